The van der Waals surface area contributed by atoms with Gasteiger partial charge < -0.3 is 15.1 Å². The van der Waals surface area contributed by atoms with Crippen molar-refractivity contribution in [3.05, 3.63) is 30.2 Å². The van der Waals surface area contributed by atoms with Crippen molar-refractivity contribution in [2.45, 2.75) is 37.8 Å². The number of fused-ring (bicyclic) bond motifs is 1. The fraction of sp³-hybridized carbons (Fsp3) is 0.533. The fourth-order valence-corrected chi connectivity index (χ4v) is 2.92. The van der Waals surface area contributed by atoms with E-state index in [0.29, 0.717) is 12.1 Å². The highest BCUT2D eigenvalue weighted by Gasteiger charge is 2.19. The molecule has 2 atom stereocenters. The Morgan fingerprint density at radius 3 is 3.21 bits per heavy atom. The van der Waals surface area contributed by atoms with E-state index >= 15 is 0 Å². The molecule has 1 aliphatic rings. The Balaban J connectivity index is 1.76. The highest BCUT2D eigenvalue weighted by molar-refractivity contribution is 5.72. The number of aromatic nitrogens is 1. The van der Waals surface area contributed by atoms with Gasteiger partial charge in [-0.1, -0.05) is 12.5 Å². The third-order valence-corrected chi connectivity index (χ3v) is 4.04. The molecule has 102 valence electrons. The average Bonchev–Trinajstić information content (AvgIpc) is 2.93. The number of nitrogens with one attached hydrogen (secondary N) is 2. The molecule has 0 saturated carbocycles. The molecule has 0 radical (unpaired) electrons. The first-order chi connectivity index (χ1) is 9.36. The van der Waals surface area contributed by atoms with Gasteiger partial charge in [0.05, 0.1) is 0 Å². The highest BCUT2D eigenvalue weighted by Crippen LogP contribution is 2.24. The second-order valence-corrected chi connectivity index (χ2v) is 5.30. The summed E-state index contributed by atoms with van der Waals surface area (Å²) in [5.74, 6) is 0. The van der Waals surface area contributed by atoms with E-state index in [-0.39, 0.29) is 0 Å². The molecule has 19 heavy (non-hydrogen) atoms. The van der Waals surface area contributed by atoms with E-state index in [0.717, 1.165) is 24.1 Å². The van der Waals surface area contributed by atoms with Crippen LogP contribution in [0.3, 0.4) is 0 Å². The van der Waals surface area contributed by atoms with E-state index < -0.39 is 0 Å². The smallest absolute Gasteiger partial charge is 0.181 e. The van der Waals surface area contributed by atoms with Gasteiger partial charge in [-0.15, -0.1) is 0 Å². The predicted molar refractivity (Wildman–Crippen MR) is 76.1 cm³/mol. The summed E-state index contributed by atoms with van der Waals surface area (Å²) in [7, 11) is 2.03. The van der Waals surface area contributed by atoms with Crippen molar-refractivity contribution in [2.24, 2.45) is 0 Å². The SMILES string of the molecule is CNC(CC1CCCCN1)c1ccc2ncoc2c1. The number of rotatable bonds is 4. The van der Waals surface area contributed by atoms with Gasteiger partial charge in [0.2, 0.25) is 0 Å². The van der Waals surface area contributed by atoms with Gasteiger partial charge >= 0.3 is 0 Å². The molecule has 3 rings (SSSR count). The predicted octanol–water partition coefficient (Wildman–Crippen LogP) is 2.62. The minimum Gasteiger partial charge on any atom is -0.443 e. The molecule has 0 spiro atoms. The van der Waals surface area contributed by atoms with Crippen molar-refractivity contribution in [1.29, 1.82) is 0 Å². The van der Waals surface area contributed by atoms with Gasteiger partial charge in [0.15, 0.2) is 12.0 Å². The molecule has 0 amide bonds. The largest absolute Gasteiger partial charge is 0.443 e. The molecule has 2 heterocycles. The third-order valence-electron chi connectivity index (χ3n) is 4.04. The lowest BCUT2D eigenvalue weighted by atomic mass is 9.94. The first-order valence-corrected chi connectivity index (χ1v) is 7.10. The van der Waals surface area contributed by atoms with E-state index in [2.05, 4.69) is 27.8 Å². The number of hydrogen-bond donors (Lipinski definition) is 2. The first-order valence-electron chi connectivity index (χ1n) is 7.10. The molecule has 2 unspecified atom stereocenters. The molecule has 1 aliphatic heterocycles. The van der Waals surface area contributed by atoms with Gasteiger partial charge in [-0.05, 0) is 50.6 Å². The van der Waals surface area contributed by atoms with Crippen LogP contribution in [-0.2, 0) is 0 Å². The van der Waals surface area contributed by atoms with Crippen molar-refractivity contribution in [3.8, 4) is 0 Å². The van der Waals surface area contributed by atoms with Crippen LogP contribution in [0.15, 0.2) is 29.0 Å². The van der Waals surface area contributed by atoms with Crippen molar-refractivity contribution >= 4 is 11.1 Å². The standard InChI is InChI=1S/C15H21N3O/c1-16-14(9-12-4-2-3-7-17-12)11-5-6-13-15(8-11)19-10-18-13/h5-6,8,10,12,14,16-17H,2-4,7,9H2,1H3. The number of oxazole rings is 1. The average molecular weight is 259 g/mol. The van der Waals surface area contributed by atoms with Crippen LogP contribution in [-0.4, -0.2) is 24.6 Å². The monoisotopic (exact) mass is 259 g/mol. The molecule has 4 nitrogen and oxygen atoms in total. The summed E-state index contributed by atoms with van der Waals surface area (Å²) in [6.45, 7) is 1.15. The number of benzene rings is 1. The van der Waals surface area contributed by atoms with Gasteiger partial charge in [-0.2, -0.15) is 0 Å². The maximum atomic E-state index is 5.39. The Morgan fingerprint density at radius 1 is 1.47 bits per heavy atom. The zero-order valence-electron chi connectivity index (χ0n) is 11.4. The van der Waals surface area contributed by atoms with E-state index in [1.807, 2.05) is 13.1 Å². The van der Waals surface area contributed by atoms with E-state index in [1.165, 1.54) is 31.2 Å². The summed E-state index contributed by atoms with van der Waals surface area (Å²) in [6, 6.07) is 7.27. The molecule has 1 aromatic carbocycles. The van der Waals surface area contributed by atoms with Crippen molar-refractivity contribution < 1.29 is 4.42 Å². The van der Waals surface area contributed by atoms with Gasteiger partial charge in [-0.25, -0.2) is 4.98 Å². The Morgan fingerprint density at radius 2 is 2.42 bits per heavy atom. The Labute approximate surface area is 113 Å². The molecule has 1 saturated heterocycles. The summed E-state index contributed by atoms with van der Waals surface area (Å²) >= 11 is 0. The van der Waals surface area contributed by atoms with Crippen LogP contribution >= 0.6 is 0 Å². The lowest BCUT2D eigenvalue weighted by Gasteiger charge is -2.27. The van der Waals surface area contributed by atoms with Crippen LogP contribution in [0, 0.1) is 0 Å². The minimum atomic E-state index is 0.366. The molecule has 1 aromatic heterocycles. The molecule has 2 aromatic rings. The Bertz CT molecular complexity index is 531. The van der Waals surface area contributed by atoms with E-state index in [4.69, 9.17) is 4.42 Å². The Kier molecular flexibility index (Phi) is 3.80. The molecule has 2 N–H and O–H groups in total. The summed E-state index contributed by atoms with van der Waals surface area (Å²) in [4.78, 5) is 4.16. The van der Waals surface area contributed by atoms with Gasteiger partial charge in [0, 0.05) is 12.1 Å². The van der Waals surface area contributed by atoms with Crippen LogP contribution in [0.4, 0.5) is 0 Å². The van der Waals surface area contributed by atoms with Gasteiger partial charge in [0.25, 0.3) is 0 Å². The van der Waals surface area contributed by atoms with Crippen molar-refractivity contribution in [1.82, 2.24) is 15.6 Å². The first kappa shape index (κ1) is 12.6. The summed E-state index contributed by atoms with van der Waals surface area (Å²) < 4.78 is 5.39. The van der Waals surface area contributed by atoms with Crippen LogP contribution in [0.5, 0.6) is 0 Å². The zero-order chi connectivity index (χ0) is 13.1. The van der Waals surface area contributed by atoms with Crippen LogP contribution in [0.2, 0.25) is 0 Å². The van der Waals surface area contributed by atoms with E-state index in [1.54, 1.807) is 0 Å². The Hall–Kier alpha value is -1.39. The molecule has 4 heteroatoms. The maximum absolute atomic E-state index is 5.39. The lowest BCUT2D eigenvalue weighted by Crippen LogP contribution is -2.37. The van der Waals surface area contributed by atoms with Crippen molar-refractivity contribution in [2.75, 3.05) is 13.6 Å². The zero-order valence-corrected chi connectivity index (χ0v) is 11.4. The van der Waals surface area contributed by atoms with Crippen LogP contribution < -0.4 is 10.6 Å². The maximum Gasteiger partial charge on any atom is 0.181 e. The number of hydrogen-bond acceptors (Lipinski definition) is 4. The second-order valence-electron chi connectivity index (χ2n) is 5.30. The third kappa shape index (κ3) is 2.80. The minimum absolute atomic E-state index is 0.366. The molecular weight excluding hydrogens is 238 g/mol. The van der Waals surface area contributed by atoms with E-state index in [9.17, 15) is 0 Å². The molecule has 0 bridgehead atoms. The summed E-state index contributed by atoms with van der Waals surface area (Å²) in [6.07, 6.45) is 6.56. The normalized spacial score (nSPS) is 21.6. The molecule has 1 fully saturated rings. The van der Waals surface area contributed by atoms with Crippen LogP contribution in [0.1, 0.15) is 37.3 Å². The number of piperidine rings is 1. The quantitative estimate of drug-likeness (QED) is 0.886. The topological polar surface area (TPSA) is 50.1 Å². The molecular formula is C15H21N3O. The van der Waals surface area contributed by atoms with Crippen LogP contribution in [0.25, 0.3) is 11.1 Å². The number of nitrogens with zero attached hydrogens (tertiary/aromatic N) is 1. The second kappa shape index (κ2) is 5.72. The summed E-state index contributed by atoms with van der Waals surface area (Å²) in [5, 5.41) is 7.03. The lowest BCUT2D eigenvalue weighted by molar-refractivity contribution is 0.347. The highest BCUT2D eigenvalue weighted by atomic mass is 16.3. The summed E-state index contributed by atoms with van der Waals surface area (Å²) in [5.41, 5.74) is 3.07. The van der Waals surface area contributed by atoms with Gasteiger partial charge in [-0.3, -0.25) is 0 Å². The van der Waals surface area contributed by atoms with Gasteiger partial charge in [0.1, 0.15) is 5.52 Å². The fourth-order valence-electron chi connectivity index (χ4n) is 2.92. The van der Waals surface area contributed by atoms with Crippen molar-refractivity contribution in [3.63, 3.8) is 0 Å². The molecule has 0 aliphatic carbocycles.